The van der Waals surface area contributed by atoms with Crippen molar-refractivity contribution in [3.63, 3.8) is 0 Å². The number of Topliss-reactive ketones (excluding diaryl/α,β-unsaturated/α-hetero) is 1. The molecule has 0 saturated carbocycles. The summed E-state index contributed by atoms with van der Waals surface area (Å²) >= 11 is 5.94. The zero-order valence-electron chi connectivity index (χ0n) is 13.3. The van der Waals surface area contributed by atoms with Crippen LogP contribution in [0.25, 0.3) is 0 Å². The SMILES string of the molecule is O=C1[C@@H]2C=C[C@@H]1N(OCc1ccccc1)C(=O)[C@@H]2c1ccc(Cl)cc1. The van der Waals surface area contributed by atoms with Crippen molar-refractivity contribution in [2.45, 2.75) is 18.6 Å². The number of carbonyl (C=O) groups is 2. The second kappa shape index (κ2) is 6.47. The number of ketones is 1. The van der Waals surface area contributed by atoms with Crippen LogP contribution in [0.1, 0.15) is 17.0 Å². The summed E-state index contributed by atoms with van der Waals surface area (Å²) in [4.78, 5) is 31.4. The molecule has 0 spiro atoms. The van der Waals surface area contributed by atoms with Gasteiger partial charge in [0, 0.05) is 5.02 Å². The van der Waals surface area contributed by atoms with Crippen LogP contribution in [0.15, 0.2) is 66.7 Å². The first-order valence-electron chi connectivity index (χ1n) is 8.12. The van der Waals surface area contributed by atoms with Gasteiger partial charge in [0.2, 0.25) is 0 Å². The number of carbonyl (C=O) groups excluding carboxylic acids is 2. The van der Waals surface area contributed by atoms with Crippen molar-refractivity contribution in [1.82, 2.24) is 5.06 Å². The molecule has 5 heteroatoms. The predicted octanol–water partition coefficient (Wildman–Crippen LogP) is 3.52. The standard InChI is InChI=1S/C20H16ClNO3/c21-15-8-6-14(7-9-15)18-16-10-11-17(19(16)23)22(20(18)24)25-12-13-4-2-1-3-5-13/h1-11,16-18H,12H2/t16-,17+,18-/m1/s1. The van der Waals surface area contributed by atoms with Crippen LogP contribution in [-0.2, 0) is 21.0 Å². The van der Waals surface area contributed by atoms with Crippen LogP contribution < -0.4 is 0 Å². The first-order chi connectivity index (χ1) is 12.1. The number of nitrogens with zero attached hydrogens (tertiary/aromatic N) is 1. The van der Waals surface area contributed by atoms with Crippen LogP contribution in [0.3, 0.4) is 0 Å². The molecule has 2 aromatic carbocycles. The molecule has 0 unspecified atom stereocenters. The lowest BCUT2D eigenvalue weighted by Gasteiger charge is -2.36. The van der Waals surface area contributed by atoms with E-state index in [2.05, 4.69) is 0 Å². The maximum atomic E-state index is 13.0. The molecule has 25 heavy (non-hydrogen) atoms. The summed E-state index contributed by atoms with van der Waals surface area (Å²) in [6.07, 6.45) is 3.57. The summed E-state index contributed by atoms with van der Waals surface area (Å²) < 4.78 is 0. The van der Waals surface area contributed by atoms with E-state index in [1.54, 1.807) is 30.3 Å². The number of hydroxylamine groups is 2. The minimum atomic E-state index is -0.634. The summed E-state index contributed by atoms with van der Waals surface area (Å²) in [5, 5.41) is 1.82. The third kappa shape index (κ3) is 2.88. The molecule has 1 fully saturated rings. The van der Waals surface area contributed by atoms with Crippen molar-refractivity contribution in [1.29, 1.82) is 0 Å². The van der Waals surface area contributed by atoms with E-state index >= 15 is 0 Å². The maximum absolute atomic E-state index is 13.0. The fraction of sp³-hybridized carbons (Fsp3) is 0.200. The molecule has 0 N–H and O–H groups in total. The molecule has 1 aliphatic carbocycles. The maximum Gasteiger partial charge on any atom is 0.255 e. The molecule has 2 aliphatic rings. The molecule has 0 radical (unpaired) electrons. The van der Waals surface area contributed by atoms with Gasteiger partial charge in [-0.05, 0) is 23.3 Å². The minimum absolute atomic E-state index is 0.00684. The molecular formula is C20H16ClNO3. The van der Waals surface area contributed by atoms with E-state index in [9.17, 15) is 9.59 Å². The Bertz CT molecular complexity index is 832. The Morgan fingerprint density at radius 1 is 0.960 bits per heavy atom. The number of hydrogen-bond acceptors (Lipinski definition) is 3. The van der Waals surface area contributed by atoms with Gasteiger partial charge in [-0.2, -0.15) is 0 Å². The summed E-state index contributed by atoms with van der Waals surface area (Å²) in [6, 6.07) is 16.0. The highest BCUT2D eigenvalue weighted by Crippen LogP contribution is 2.40. The number of amides is 1. The average molecular weight is 354 g/mol. The second-order valence-corrected chi connectivity index (χ2v) is 6.65. The first kappa shape index (κ1) is 16.1. The van der Waals surface area contributed by atoms with Gasteiger partial charge in [-0.25, -0.2) is 5.06 Å². The lowest BCUT2D eigenvalue weighted by molar-refractivity contribution is -0.208. The van der Waals surface area contributed by atoms with E-state index in [-0.39, 0.29) is 18.3 Å². The van der Waals surface area contributed by atoms with Crippen molar-refractivity contribution in [2.75, 3.05) is 0 Å². The number of hydrogen-bond donors (Lipinski definition) is 0. The van der Waals surface area contributed by atoms with Crippen molar-refractivity contribution in [3.05, 3.63) is 82.9 Å². The number of fused-ring (bicyclic) bond motifs is 2. The number of rotatable bonds is 4. The lowest BCUT2D eigenvalue weighted by Crippen LogP contribution is -2.52. The zero-order chi connectivity index (χ0) is 17.4. The molecule has 2 bridgehead atoms. The molecule has 1 aliphatic heterocycles. The molecule has 1 saturated heterocycles. The summed E-state index contributed by atoms with van der Waals surface area (Å²) in [5.41, 5.74) is 1.71. The third-order valence-electron chi connectivity index (χ3n) is 4.66. The summed E-state index contributed by atoms with van der Waals surface area (Å²) in [7, 11) is 0. The van der Waals surface area contributed by atoms with Gasteiger partial charge in [-0.15, -0.1) is 0 Å². The topological polar surface area (TPSA) is 46.6 Å². The molecule has 2 aromatic rings. The smallest absolute Gasteiger partial charge is 0.255 e. The van der Waals surface area contributed by atoms with Crippen LogP contribution in [0.2, 0.25) is 5.02 Å². The molecule has 4 rings (SSSR count). The van der Waals surface area contributed by atoms with Gasteiger partial charge >= 0.3 is 0 Å². The van der Waals surface area contributed by atoms with Crippen LogP contribution in [0.4, 0.5) is 0 Å². The van der Waals surface area contributed by atoms with Crippen LogP contribution in [0.5, 0.6) is 0 Å². The summed E-state index contributed by atoms with van der Waals surface area (Å²) in [6.45, 7) is 0.238. The number of allylic oxidation sites excluding steroid dienone is 1. The molecule has 3 atom stereocenters. The Morgan fingerprint density at radius 2 is 1.68 bits per heavy atom. The van der Waals surface area contributed by atoms with Crippen molar-refractivity contribution in [3.8, 4) is 0 Å². The number of benzene rings is 2. The van der Waals surface area contributed by atoms with Gasteiger partial charge < -0.3 is 0 Å². The molecular weight excluding hydrogens is 338 g/mol. The number of halogens is 1. The minimum Gasteiger partial charge on any atom is -0.296 e. The second-order valence-electron chi connectivity index (χ2n) is 6.21. The zero-order valence-corrected chi connectivity index (χ0v) is 14.1. The van der Waals surface area contributed by atoms with Gasteiger partial charge in [-0.3, -0.25) is 14.4 Å². The van der Waals surface area contributed by atoms with E-state index in [0.717, 1.165) is 11.1 Å². The molecule has 1 heterocycles. The first-order valence-corrected chi connectivity index (χ1v) is 8.50. The van der Waals surface area contributed by atoms with Crippen LogP contribution in [-0.4, -0.2) is 22.8 Å². The van der Waals surface area contributed by atoms with Gasteiger partial charge in [0.15, 0.2) is 5.78 Å². The highest BCUT2D eigenvalue weighted by atomic mass is 35.5. The highest BCUT2D eigenvalue weighted by Gasteiger charge is 2.50. The normalized spacial score (nSPS) is 24.8. The average Bonchev–Trinajstić information content (AvgIpc) is 2.92. The van der Waals surface area contributed by atoms with Crippen LogP contribution >= 0.6 is 11.6 Å². The fourth-order valence-electron chi connectivity index (χ4n) is 3.39. The fourth-order valence-corrected chi connectivity index (χ4v) is 3.52. The van der Waals surface area contributed by atoms with Crippen molar-refractivity contribution < 1.29 is 14.4 Å². The quantitative estimate of drug-likeness (QED) is 0.790. The van der Waals surface area contributed by atoms with Crippen molar-refractivity contribution >= 4 is 23.3 Å². The molecule has 126 valence electrons. The van der Waals surface area contributed by atoms with Gasteiger partial charge in [-0.1, -0.05) is 66.2 Å². The van der Waals surface area contributed by atoms with E-state index in [1.807, 2.05) is 36.4 Å². The Hall–Kier alpha value is -2.43. The predicted molar refractivity (Wildman–Crippen MR) is 93.7 cm³/mol. The van der Waals surface area contributed by atoms with E-state index in [0.29, 0.717) is 5.02 Å². The lowest BCUT2D eigenvalue weighted by atomic mass is 9.81. The summed E-state index contributed by atoms with van der Waals surface area (Å²) in [5.74, 6) is -1.21. The van der Waals surface area contributed by atoms with Gasteiger partial charge in [0.05, 0.1) is 11.8 Å². The van der Waals surface area contributed by atoms with Crippen molar-refractivity contribution in [2.24, 2.45) is 5.92 Å². The highest BCUT2D eigenvalue weighted by molar-refractivity contribution is 6.30. The monoisotopic (exact) mass is 353 g/mol. The van der Waals surface area contributed by atoms with E-state index in [4.69, 9.17) is 16.4 Å². The van der Waals surface area contributed by atoms with E-state index in [1.165, 1.54) is 5.06 Å². The van der Waals surface area contributed by atoms with Gasteiger partial charge in [0.25, 0.3) is 5.91 Å². The Kier molecular flexibility index (Phi) is 4.15. The van der Waals surface area contributed by atoms with Crippen LogP contribution in [0, 0.1) is 5.92 Å². The van der Waals surface area contributed by atoms with Gasteiger partial charge in [0.1, 0.15) is 12.6 Å². The Labute approximate surface area is 150 Å². The molecule has 4 nitrogen and oxygen atoms in total. The Balaban J connectivity index is 1.61. The van der Waals surface area contributed by atoms with E-state index < -0.39 is 17.9 Å². The molecule has 0 aromatic heterocycles. The largest absolute Gasteiger partial charge is 0.296 e. The third-order valence-corrected chi connectivity index (χ3v) is 4.91. The number of piperidine rings is 1. The Morgan fingerprint density at radius 3 is 2.40 bits per heavy atom. The molecule has 1 amide bonds.